The Kier molecular flexibility index (Phi) is 7.46. The van der Waals surface area contributed by atoms with E-state index in [1.807, 2.05) is 0 Å². The molecule has 0 aliphatic rings. The average molecular weight is 713 g/mol. The molecule has 56 heavy (non-hydrogen) atoms. The van der Waals surface area contributed by atoms with Gasteiger partial charge in [-0.1, -0.05) is 170 Å². The van der Waals surface area contributed by atoms with E-state index in [1.165, 1.54) is 16.2 Å². The van der Waals surface area contributed by atoms with Gasteiger partial charge in [0.2, 0.25) is 0 Å². The topological polar surface area (TPSA) is 51.6 Å². The number of aromatic nitrogens is 4. The Hall–Kier alpha value is -7.56. The van der Waals surface area contributed by atoms with Gasteiger partial charge in [-0.2, -0.15) is 0 Å². The maximum atomic E-state index is 5.40. The molecule has 9 aromatic carbocycles. The molecule has 260 valence electrons. The van der Waals surface area contributed by atoms with E-state index in [9.17, 15) is 0 Å². The minimum Gasteiger partial charge on any atom is -0.247 e. The average Bonchev–Trinajstić information content (AvgIpc) is 3.28. The van der Waals surface area contributed by atoms with E-state index in [0.717, 1.165) is 76.9 Å². The minimum atomic E-state index is 0.598. The van der Waals surface area contributed by atoms with E-state index >= 15 is 0 Å². The lowest BCUT2D eigenvalue weighted by atomic mass is 9.92. The zero-order valence-electron chi connectivity index (χ0n) is 30.3. The van der Waals surface area contributed by atoms with Crippen molar-refractivity contribution in [3.05, 3.63) is 194 Å². The van der Waals surface area contributed by atoms with Crippen molar-refractivity contribution >= 4 is 54.0 Å². The summed E-state index contributed by atoms with van der Waals surface area (Å²) in [6.45, 7) is 0. The van der Waals surface area contributed by atoms with Crippen LogP contribution < -0.4 is 0 Å². The maximum Gasteiger partial charge on any atom is 0.164 e. The third-order valence-electron chi connectivity index (χ3n) is 10.9. The molecular weight excluding hydrogens is 681 g/mol. The van der Waals surface area contributed by atoms with Crippen LogP contribution in [0.1, 0.15) is 0 Å². The monoisotopic (exact) mass is 712 g/mol. The molecule has 0 aliphatic carbocycles. The number of hydrogen-bond acceptors (Lipinski definition) is 4. The summed E-state index contributed by atoms with van der Waals surface area (Å²) >= 11 is 0. The molecule has 0 unspecified atom stereocenters. The summed E-state index contributed by atoms with van der Waals surface area (Å²) in [5.74, 6) is 1.85. The lowest BCUT2D eigenvalue weighted by Crippen LogP contribution is -2.01. The van der Waals surface area contributed by atoms with Crippen molar-refractivity contribution in [2.45, 2.75) is 0 Å². The van der Waals surface area contributed by atoms with Gasteiger partial charge in [0.25, 0.3) is 0 Å². The zero-order chi connectivity index (χ0) is 37.0. The summed E-state index contributed by atoms with van der Waals surface area (Å²) in [6, 6.07) is 68.1. The molecule has 0 saturated heterocycles. The van der Waals surface area contributed by atoms with Crippen LogP contribution in [-0.4, -0.2) is 19.9 Å². The van der Waals surface area contributed by atoms with Crippen molar-refractivity contribution < 1.29 is 0 Å². The molecule has 0 radical (unpaired) electrons. The van der Waals surface area contributed by atoms with Gasteiger partial charge in [0.15, 0.2) is 17.5 Å². The van der Waals surface area contributed by atoms with E-state index in [2.05, 4.69) is 194 Å². The Morgan fingerprint density at radius 1 is 0.268 bits per heavy atom. The largest absolute Gasteiger partial charge is 0.247 e. The van der Waals surface area contributed by atoms with Crippen molar-refractivity contribution in [3.8, 4) is 56.5 Å². The zero-order valence-corrected chi connectivity index (χ0v) is 30.3. The van der Waals surface area contributed by atoms with Crippen LogP contribution in [0.15, 0.2) is 194 Å². The van der Waals surface area contributed by atoms with Gasteiger partial charge in [0.05, 0.1) is 11.2 Å². The van der Waals surface area contributed by atoms with Crippen molar-refractivity contribution in [1.82, 2.24) is 19.9 Å². The van der Waals surface area contributed by atoms with Crippen LogP contribution in [0.5, 0.6) is 0 Å². The van der Waals surface area contributed by atoms with Crippen molar-refractivity contribution in [2.24, 2.45) is 0 Å². The van der Waals surface area contributed by atoms with E-state index in [-0.39, 0.29) is 0 Å². The summed E-state index contributed by atoms with van der Waals surface area (Å²) in [5, 5.41) is 10.3. The van der Waals surface area contributed by atoms with E-state index in [1.54, 1.807) is 0 Å². The first-order valence-electron chi connectivity index (χ1n) is 18.9. The Bertz CT molecular complexity index is 3190. The van der Waals surface area contributed by atoms with Gasteiger partial charge >= 0.3 is 0 Å². The number of fused-ring (bicyclic) bond motifs is 7. The summed E-state index contributed by atoms with van der Waals surface area (Å²) in [6.07, 6.45) is 0. The predicted molar refractivity (Wildman–Crippen MR) is 232 cm³/mol. The number of nitrogens with zero attached hydrogens (tertiary/aromatic N) is 4. The minimum absolute atomic E-state index is 0.598. The molecule has 0 aliphatic heterocycles. The molecule has 4 heteroatoms. The van der Waals surface area contributed by atoms with Gasteiger partial charge in [0.1, 0.15) is 0 Å². The second-order valence-corrected chi connectivity index (χ2v) is 14.2. The third-order valence-corrected chi connectivity index (χ3v) is 10.9. The molecule has 11 aromatic rings. The summed E-state index contributed by atoms with van der Waals surface area (Å²) < 4.78 is 0. The molecule has 2 aromatic heterocycles. The van der Waals surface area contributed by atoms with Crippen molar-refractivity contribution in [3.63, 3.8) is 0 Å². The summed E-state index contributed by atoms with van der Waals surface area (Å²) in [5.41, 5.74) is 7.82. The molecule has 0 amide bonds. The molecule has 0 fully saturated rings. The van der Waals surface area contributed by atoms with Gasteiger partial charge < -0.3 is 0 Å². The normalized spacial score (nSPS) is 11.6. The first kappa shape index (κ1) is 31.9. The van der Waals surface area contributed by atoms with Crippen LogP contribution in [0, 0.1) is 0 Å². The van der Waals surface area contributed by atoms with Gasteiger partial charge in [0, 0.05) is 38.4 Å². The number of benzene rings is 9. The number of pyridine rings is 1. The van der Waals surface area contributed by atoms with Crippen LogP contribution in [-0.2, 0) is 0 Å². The number of rotatable bonds is 5. The smallest absolute Gasteiger partial charge is 0.164 e. The third kappa shape index (κ3) is 5.39. The van der Waals surface area contributed by atoms with E-state index in [4.69, 9.17) is 19.9 Å². The van der Waals surface area contributed by atoms with Crippen molar-refractivity contribution in [2.75, 3.05) is 0 Å². The first-order chi connectivity index (χ1) is 27.7. The van der Waals surface area contributed by atoms with Crippen LogP contribution in [0.3, 0.4) is 0 Å². The van der Waals surface area contributed by atoms with E-state index in [0.29, 0.717) is 17.5 Å². The molecule has 0 bridgehead atoms. The molecule has 0 spiro atoms. The van der Waals surface area contributed by atoms with Crippen LogP contribution in [0.25, 0.3) is 111 Å². The fraction of sp³-hybridized carbons (Fsp3) is 0. The lowest BCUT2D eigenvalue weighted by molar-refractivity contribution is 1.08. The van der Waals surface area contributed by atoms with Gasteiger partial charge in [-0.05, 0) is 67.7 Å². The SMILES string of the molecule is c1ccc(-c2cc(-c3nc(-c4cccc5ccccc45)nc(-c4cccc5ccccc45)n3)cc(-c3nc4ccccc4c4c3ccc3ccccc34)c2)cc1. The van der Waals surface area contributed by atoms with Gasteiger partial charge in [-0.25, -0.2) is 19.9 Å². The Balaban J connectivity index is 1.22. The molecule has 11 rings (SSSR count). The van der Waals surface area contributed by atoms with Crippen molar-refractivity contribution in [1.29, 1.82) is 0 Å². The van der Waals surface area contributed by atoms with E-state index < -0.39 is 0 Å². The summed E-state index contributed by atoms with van der Waals surface area (Å²) in [4.78, 5) is 21.2. The molecule has 0 saturated carbocycles. The van der Waals surface area contributed by atoms with Crippen LogP contribution in [0.2, 0.25) is 0 Å². The Labute approximate surface area is 323 Å². The van der Waals surface area contributed by atoms with Crippen LogP contribution >= 0.6 is 0 Å². The predicted octanol–water partition coefficient (Wildman–Crippen LogP) is 13.4. The fourth-order valence-corrected chi connectivity index (χ4v) is 8.22. The highest BCUT2D eigenvalue weighted by Gasteiger charge is 2.19. The second-order valence-electron chi connectivity index (χ2n) is 14.2. The quantitative estimate of drug-likeness (QED) is 0.167. The second kappa shape index (κ2) is 13.1. The number of para-hydroxylation sites is 1. The van der Waals surface area contributed by atoms with Gasteiger partial charge in [-0.3, -0.25) is 0 Å². The Morgan fingerprint density at radius 3 is 1.45 bits per heavy atom. The summed E-state index contributed by atoms with van der Waals surface area (Å²) in [7, 11) is 0. The van der Waals surface area contributed by atoms with Gasteiger partial charge in [-0.15, -0.1) is 0 Å². The number of hydrogen-bond donors (Lipinski definition) is 0. The highest BCUT2D eigenvalue weighted by atomic mass is 15.0. The van der Waals surface area contributed by atoms with Crippen LogP contribution in [0.4, 0.5) is 0 Å². The molecule has 0 atom stereocenters. The highest BCUT2D eigenvalue weighted by molar-refractivity contribution is 6.22. The maximum absolute atomic E-state index is 5.40. The Morgan fingerprint density at radius 2 is 0.768 bits per heavy atom. The fourth-order valence-electron chi connectivity index (χ4n) is 8.22. The standard InChI is InChI=1S/C52H32N4/c1-2-14-33(15-3-1)37-30-38(49-46-29-28-36-18-6-9-23-42(36)48(46)45-24-10-11-27-47(45)53-49)32-39(31-37)50-54-51(43-25-12-19-34-16-4-7-21-40(34)43)56-52(55-50)44-26-13-20-35-17-5-8-22-41(35)44/h1-32H. The molecule has 0 N–H and O–H groups in total. The highest BCUT2D eigenvalue weighted by Crippen LogP contribution is 2.40. The molecular formula is C52H32N4. The molecule has 2 heterocycles. The lowest BCUT2D eigenvalue weighted by Gasteiger charge is -2.16. The first-order valence-corrected chi connectivity index (χ1v) is 18.9. The molecule has 4 nitrogen and oxygen atoms in total.